The standard InChI is InChI=1S/C19H16N4OS/c1-2-11-23-18(24)13-7-3-4-8-14(13)22-19(23)25-12-17-20-15-9-5-6-10-16(15)21-17/h2-10H,1,11-12H2,(H,20,21). The lowest BCUT2D eigenvalue weighted by Gasteiger charge is -2.10. The van der Waals surface area contributed by atoms with E-state index in [4.69, 9.17) is 0 Å². The minimum absolute atomic E-state index is 0.0439. The smallest absolute Gasteiger partial charge is 0.262 e. The molecule has 0 aliphatic rings. The molecule has 0 aliphatic carbocycles. The summed E-state index contributed by atoms with van der Waals surface area (Å²) in [5, 5.41) is 1.29. The molecule has 25 heavy (non-hydrogen) atoms. The van der Waals surface area contributed by atoms with E-state index in [0.29, 0.717) is 28.4 Å². The number of hydrogen-bond donors (Lipinski definition) is 1. The number of aromatic nitrogens is 4. The number of nitrogens with one attached hydrogen (secondary N) is 1. The zero-order valence-electron chi connectivity index (χ0n) is 13.5. The summed E-state index contributed by atoms with van der Waals surface area (Å²) < 4.78 is 1.66. The van der Waals surface area contributed by atoms with Crippen molar-refractivity contribution in [1.82, 2.24) is 19.5 Å². The number of thioether (sulfide) groups is 1. The quantitative estimate of drug-likeness (QED) is 0.339. The van der Waals surface area contributed by atoms with Crippen LogP contribution in [-0.2, 0) is 12.3 Å². The van der Waals surface area contributed by atoms with Gasteiger partial charge in [0.1, 0.15) is 5.82 Å². The maximum absolute atomic E-state index is 12.7. The lowest BCUT2D eigenvalue weighted by molar-refractivity contribution is 0.671. The van der Waals surface area contributed by atoms with Crippen molar-refractivity contribution < 1.29 is 0 Å². The van der Waals surface area contributed by atoms with E-state index >= 15 is 0 Å². The molecule has 6 heteroatoms. The van der Waals surface area contributed by atoms with Gasteiger partial charge < -0.3 is 4.98 Å². The van der Waals surface area contributed by atoms with E-state index in [1.807, 2.05) is 42.5 Å². The number of benzene rings is 2. The van der Waals surface area contributed by atoms with Gasteiger partial charge in [0.05, 0.1) is 27.7 Å². The number of nitrogens with zero attached hydrogens (tertiary/aromatic N) is 3. The zero-order valence-corrected chi connectivity index (χ0v) is 14.3. The van der Waals surface area contributed by atoms with Gasteiger partial charge in [-0.25, -0.2) is 9.97 Å². The summed E-state index contributed by atoms with van der Waals surface area (Å²) in [6.07, 6.45) is 1.71. The summed E-state index contributed by atoms with van der Waals surface area (Å²) >= 11 is 1.49. The van der Waals surface area contributed by atoms with Crippen LogP contribution in [0.4, 0.5) is 0 Å². The molecule has 0 unspecified atom stereocenters. The molecule has 0 spiro atoms. The molecule has 2 aromatic heterocycles. The summed E-state index contributed by atoms with van der Waals surface area (Å²) in [5.74, 6) is 1.47. The molecule has 0 saturated heterocycles. The molecule has 0 bridgehead atoms. The number of aromatic amines is 1. The number of fused-ring (bicyclic) bond motifs is 2. The van der Waals surface area contributed by atoms with Crippen molar-refractivity contribution in [3.63, 3.8) is 0 Å². The summed E-state index contributed by atoms with van der Waals surface area (Å²) in [7, 11) is 0. The number of para-hydroxylation sites is 3. The highest BCUT2D eigenvalue weighted by Crippen LogP contribution is 2.22. The van der Waals surface area contributed by atoms with Gasteiger partial charge in [-0.2, -0.15) is 0 Å². The van der Waals surface area contributed by atoms with Crippen LogP contribution in [0.5, 0.6) is 0 Å². The average molecular weight is 348 g/mol. The van der Waals surface area contributed by atoms with Gasteiger partial charge in [-0.3, -0.25) is 9.36 Å². The molecule has 1 N–H and O–H groups in total. The third kappa shape index (κ3) is 2.96. The molecule has 0 amide bonds. The van der Waals surface area contributed by atoms with Crippen LogP contribution in [0, 0.1) is 0 Å². The molecule has 0 fully saturated rings. The fourth-order valence-electron chi connectivity index (χ4n) is 2.75. The van der Waals surface area contributed by atoms with Gasteiger partial charge in [0.2, 0.25) is 0 Å². The van der Waals surface area contributed by atoms with E-state index in [1.165, 1.54) is 11.8 Å². The Kier molecular flexibility index (Phi) is 4.11. The molecular weight excluding hydrogens is 332 g/mol. The van der Waals surface area contributed by atoms with Crippen LogP contribution in [0.25, 0.3) is 21.9 Å². The first kappa shape index (κ1) is 15.7. The third-order valence-corrected chi connectivity index (χ3v) is 4.90. The lowest BCUT2D eigenvalue weighted by atomic mass is 10.2. The Morgan fingerprint density at radius 1 is 1.08 bits per heavy atom. The van der Waals surface area contributed by atoms with Gasteiger partial charge in [0.25, 0.3) is 5.56 Å². The Labute approximate surface area is 148 Å². The van der Waals surface area contributed by atoms with Crippen molar-refractivity contribution in [2.75, 3.05) is 0 Å². The summed E-state index contributed by atoms with van der Waals surface area (Å²) in [6, 6.07) is 15.3. The highest BCUT2D eigenvalue weighted by atomic mass is 32.2. The predicted octanol–water partition coefficient (Wildman–Crippen LogP) is 3.75. The second-order valence-electron chi connectivity index (χ2n) is 5.61. The van der Waals surface area contributed by atoms with E-state index in [1.54, 1.807) is 16.7 Å². The lowest BCUT2D eigenvalue weighted by Crippen LogP contribution is -2.22. The van der Waals surface area contributed by atoms with Gasteiger partial charge in [0.15, 0.2) is 5.16 Å². The Hall–Kier alpha value is -2.86. The van der Waals surface area contributed by atoms with E-state index in [9.17, 15) is 4.79 Å². The van der Waals surface area contributed by atoms with Gasteiger partial charge >= 0.3 is 0 Å². The SMILES string of the molecule is C=CCn1c(SCc2nc3ccccc3[nH]2)nc2ccccc2c1=O. The number of H-pyrrole nitrogens is 1. The molecule has 0 atom stereocenters. The van der Waals surface area contributed by atoms with Crippen LogP contribution in [0.15, 0.2) is 71.1 Å². The van der Waals surface area contributed by atoms with E-state index in [0.717, 1.165) is 16.9 Å². The molecule has 0 radical (unpaired) electrons. The first-order chi connectivity index (χ1) is 12.3. The zero-order chi connectivity index (χ0) is 17.2. The van der Waals surface area contributed by atoms with Gasteiger partial charge in [0, 0.05) is 6.54 Å². The van der Waals surface area contributed by atoms with Crippen LogP contribution in [0.3, 0.4) is 0 Å². The van der Waals surface area contributed by atoms with Crippen LogP contribution >= 0.6 is 11.8 Å². The molecule has 5 nitrogen and oxygen atoms in total. The van der Waals surface area contributed by atoms with Crippen molar-refractivity contribution in [1.29, 1.82) is 0 Å². The largest absolute Gasteiger partial charge is 0.341 e. The number of hydrogen-bond acceptors (Lipinski definition) is 4. The second-order valence-corrected chi connectivity index (χ2v) is 6.55. The fraction of sp³-hybridized carbons (Fsp3) is 0.105. The molecule has 2 heterocycles. The van der Waals surface area contributed by atoms with Crippen molar-refractivity contribution >= 4 is 33.7 Å². The molecule has 4 rings (SSSR count). The first-order valence-electron chi connectivity index (χ1n) is 7.93. The third-order valence-electron chi connectivity index (χ3n) is 3.91. The number of allylic oxidation sites excluding steroid dienone is 1. The summed E-state index contributed by atoms with van der Waals surface area (Å²) in [6.45, 7) is 4.18. The molecule has 0 saturated carbocycles. The van der Waals surface area contributed by atoms with Gasteiger partial charge in [-0.1, -0.05) is 42.1 Å². The average Bonchev–Trinajstić information content (AvgIpc) is 3.06. The minimum atomic E-state index is -0.0439. The van der Waals surface area contributed by atoms with Crippen molar-refractivity contribution in [2.45, 2.75) is 17.5 Å². The Morgan fingerprint density at radius 2 is 1.84 bits per heavy atom. The topological polar surface area (TPSA) is 63.6 Å². The van der Waals surface area contributed by atoms with Crippen LogP contribution < -0.4 is 5.56 Å². The highest BCUT2D eigenvalue weighted by Gasteiger charge is 2.11. The fourth-order valence-corrected chi connectivity index (χ4v) is 3.63. The van der Waals surface area contributed by atoms with Crippen LogP contribution in [0.1, 0.15) is 5.82 Å². The Balaban J connectivity index is 1.71. The van der Waals surface area contributed by atoms with Crippen molar-refractivity contribution in [3.8, 4) is 0 Å². The second kappa shape index (κ2) is 6.57. The molecule has 0 aliphatic heterocycles. The first-order valence-corrected chi connectivity index (χ1v) is 8.92. The monoisotopic (exact) mass is 348 g/mol. The number of imidazole rings is 1. The normalized spacial score (nSPS) is 11.2. The Bertz CT molecular complexity index is 1100. The van der Waals surface area contributed by atoms with E-state index in [-0.39, 0.29) is 5.56 Å². The molecule has 124 valence electrons. The van der Waals surface area contributed by atoms with E-state index in [2.05, 4.69) is 21.5 Å². The maximum atomic E-state index is 12.7. The van der Waals surface area contributed by atoms with Gasteiger partial charge in [-0.15, -0.1) is 6.58 Å². The number of rotatable bonds is 5. The highest BCUT2D eigenvalue weighted by molar-refractivity contribution is 7.98. The minimum Gasteiger partial charge on any atom is -0.341 e. The van der Waals surface area contributed by atoms with Gasteiger partial charge in [-0.05, 0) is 24.3 Å². The predicted molar refractivity (Wildman–Crippen MR) is 102 cm³/mol. The van der Waals surface area contributed by atoms with E-state index < -0.39 is 0 Å². The molecule has 2 aromatic carbocycles. The Morgan fingerprint density at radius 3 is 2.64 bits per heavy atom. The van der Waals surface area contributed by atoms with Crippen molar-refractivity contribution in [2.24, 2.45) is 0 Å². The summed E-state index contributed by atoms with van der Waals surface area (Å²) in [4.78, 5) is 25.3. The van der Waals surface area contributed by atoms with Crippen LogP contribution in [-0.4, -0.2) is 19.5 Å². The summed E-state index contributed by atoms with van der Waals surface area (Å²) in [5.41, 5.74) is 2.61. The molecule has 4 aromatic rings. The maximum Gasteiger partial charge on any atom is 0.262 e. The van der Waals surface area contributed by atoms with Crippen LogP contribution in [0.2, 0.25) is 0 Å². The van der Waals surface area contributed by atoms with Crippen molar-refractivity contribution in [3.05, 3.63) is 77.4 Å². The molecular formula is C19H16N4OS.